The maximum atomic E-state index is 10.9. The fourth-order valence-electron chi connectivity index (χ4n) is 0.782. The first-order chi connectivity index (χ1) is 5.00. The third kappa shape index (κ3) is 2.99. The lowest BCUT2D eigenvalue weighted by Gasteiger charge is -2.31. The van der Waals surface area contributed by atoms with E-state index in [1.807, 2.05) is 31.0 Å². The van der Waals surface area contributed by atoms with E-state index in [4.69, 9.17) is 0 Å². The Hall–Kier alpha value is -0.410. The Kier molecular flexibility index (Phi) is 4.30. The van der Waals surface area contributed by atoms with E-state index in [1.165, 1.54) is 0 Å². The first kappa shape index (κ1) is 10.6. The van der Waals surface area contributed by atoms with E-state index in [9.17, 15) is 4.79 Å². The molecule has 0 aliphatic rings. The van der Waals surface area contributed by atoms with Crippen LogP contribution in [-0.4, -0.2) is 42.5 Å². The van der Waals surface area contributed by atoms with E-state index in [0.29, 0.717) is 0 Å². The van der Waals surface area contributed by atoms with Crippen molar-refractivity contribution in [1.29, 1.82) is 0 Å². The summed E-state index contributed by atoms with van der Waals surface area (Å²) in [7, 11) is 3.90. The van der Waals surface area contributed by atoms with Crippen molar-refractivity contribution in [2.75, 3.05) is 20.6 Å². The van der Waals surface area contributed by atoms with Gasteiger partial charge >= 0.3 is 0 Å². The molecule has 1 unspecified atom stereocenters. The second-order valence-electron chi connectivity index (χ2n) is 2.83. The largest absolute Gasteiger partial charge is 0.298 e. The van der Waals surface area contributed by atoms with Gasteiger partial charge in [-0.15, -0.1) is 0 Å². The molecule has 3 nitrogen and oxygen atoms in total. The molecule has 0 saturated carbocycles. The van der Waals surface area contributed by atoms with Crippen molar-refractivity contribution in [2.24, 2.45) is 0 Å². The zero-order valence-corrected chi connectivity index (χ0v) is 8.09. The number of hydrazine groups is 1. The van der Waals surface area contributed by atoms with E-state index in [2.05, 4.69) is 6.92 Å². The molecule has 0 aliphatic carbocycles. The van der Waals surface area contributed by atoms with E-state index in [0.717, 1.165) is 6.54 Å². The average molecular weight is 158 g/mol. The Morgan fingerprint density at radius 2 is 1.91 bits per heavy atom. The molecule has 0 aliphatic heterocycles. The minimum absolute atomic E-state index is 0.0139. The summed E-state index contributed by atoms with van der Waals surface area (Å²) in [6.45, 7) is 6.51. The predicted octanol–water partition coefficient (Wildman–Crippen LogP) is 0.762. The summed E-state index contributed by atoms with van der Waals surface area (Å²) in [5, 5.41) is 3.97. The van der Waals surface area contributed by atoms with Gasteiger partial charge in [-0.1, -0.05) is 6.92 Å². The number of rotatable bonds is 4. The SMILES string of the molecule is CCN(C)N(C)C(C)C(C)=O. The first-order valence-electron chi connectivity index (χ1n) is 3.95. The number of Topliss-reactive ketones (excluding diaryl/α,β-unsaturated/α-hetero) is 1. The highest BCUT2D eigenvalue weighted by atomic mass is 16.1. The number of hydrogen-bond acceptors (Lipinski definition) is 3. The van der Waals surface area contributed by atoms with Crippen LogP contribution in [0.25, 0.3) is 0 Å². The molecule has 3 heteroatoms. The van der Waals surface area contributed by atoms with E-state index < -0.39 is 0 Å². The molecular formula is C8H18N2O. The molecule has 0 amide bonds. The zero-order chi connectivity index (χ0) is 9.02. The van der Waals surface area contributed by atoms with Crippen molar-refractivity contribution in [3.8, 4) is 0 Å². The molecule has 11 heavy (non-hydrogen) atoms. The Labute approximate surface area is 68.9 Å². The summed E-state index contributed by atoms with van der Waals surface area (Å²) in [6, 6.07) is -0.0139. The highest BCUT2D eigenvalue weighted by molar-refractivity contribution is 5.80. The molecule has 0 aromatic rings. The molecule has 0 saturated heterocycles. The highest BCUT2D eigenvalue weighted by Crippen LogP contribution is 1.99. The summed E-state index contributed by atoms with van der Waals surface area (Å²) >= 11 is 0. The van der Waals surface area contributed by atoms with Crippen LogP contribution >= 0.6 is 0 Å². The Morgan fingerprint density at radius 1 is 1.45 bits per heavy atom. The fraction of sp³-hybridized carbons (Fsp3) is 0.875. The second-order valence-corrected chi connectivity index (χ2v) is 2.83. The standard InChI is InChI=1S/C8H18N2O/c1-6-9(4)10(5)7(2)8(3)11/h7H,6H2,1-5H3. The summed E-state index contributed by atoms with van der Waals surface area (Å²) < 4.78 is 0. The number of carbonyl (C=O) groups excluding carboxylic acids is 1. The third-order valence-electron chi connectivity index (χ3n) is 2.15. The van der Waals surface area contributed by atoms with Crippen LogP contribution in [0, 0.1) is 0 Å². The minimum Gasteiger partial charge on any atom is -0.298 e. The van der Waals surface area contributed by atoms with Crippen LogP contribution < -0.4 is 0 Å². The minimum atomic E-state index is -0.0139. The third-order valence-corrected chi connectivity index (χ3v) is 2.15. The van der Waals surface area contributed by atoms with Gasteiger partial charge in [0.25, 0.3) is 0 Å². The number of hydrogen-bond donors (Lipinski definition) is 0. The lowest BCUT2D eigenvalue weighted by atomic mass is 10.2. The smallest absolute Gasteiger partial charge is 0.148 e. The molecule has 0 aromatic carbocycles. The Bertz CT molecular complexity index is 136. The van der Waals surface area contributed by atoms with Gasteiger partial charge in [-0.25, -0.2) is 10.0 Å². The van der Waals surface area contributed by atoms with Crippen molar-refractivity contribution in [3.63, 3.8) is 0 Å². The first-order valence-corrected chi connectivity index (χ1v) is 3.95. The van der Waals surface area contributed by atoms with Crippen molar-refractivity contribution in [2.45, 2.75) is 26.8 Å². The average Bonchev–Trinajstić information content (AvgIpc) is 2.00. The van der Waals surface area contributed by atoms with Gasteiger partial charge in [-0.05, 0) is 13.8 Å². The monoisotopic (exact) mass is 158 g/mol. The van der Waals surface area contributed by atoms with Crippen molar-refractivity contribution in [1.82, 2.24) is 10.0 Å². The van der Waals surface area contributed by atoms with Gasteiger partial charge in [0.1, 0.15) is 5.78 Å². The lowest BCUT2D eigenvalue weighted by molar-refractivity contribution is -0.127. The van der Waals surface area contributed by atoms with Gasteiger partial charge in [0.05, 0.1) is 6.04 Å². The summed E-state index contributed by atoms with van der Waals surface area (Å²) in [5.74, 6) is 0.202. The molecule has 0 N–H and O–H groups in total. The summed E-state index contributed by atoms with van der Waals surface area (Å²) in [4.78, 5) is 10.9. The van der Waals surface area contributed by atoms with Crippen LogP contribution in [0.4, 0.5) is 0 Å². The summed E-state index contributed by atoms with van der Waals surface area (Å²) in [6.07, 6.45) is 0. The van der Waals surface area contributed by atoms with Gasteiger partial charge in [0.2, 0.25) is 0 Å². The van der Waals surface area contributed by atoms with E-state index in [1.54, 1.807) is 6.92 Å². The molecular weight excluding hydrogens is 140 g/mol. The van der Waals surface area contributed by atoms with Gasteiger partial charge in [-0.2, -0.15) is 0 Å². The molecule has 0 aromatic heterocycles. The maximum absolute atomic E-state index is 10.9. The maximum Gasteiger partial charge on any atom is 0.148 e. The van der Waals surface area contributed by atoms with Crippen molar-refractivity contribution in [3.05, 3.63) is 0 Å². The van der Waals surface area contributed by atoms with Crippen molar-refractivity contribution < 1.29 is 4.79 Å². The van der Waals surface area contributed by atoms with Crippen LogP contribution in [-0.2, 0) is 4.79 Å². The molecule has 0 heterocycles. The Balaban J connectivity index is 4.00. The predicted molar refractivity (Wildman–Crippen MR) is 46.2 cm³/mol. The zero-order valence-electron chi connectivity index (χ0n) is 8.09. The highest BCUT2D eigenvalue weighted by Gasteiger charge is 2.15. The lowest BCUT2D eigenvalue weighted by Crippen LogP contribution is -2.45. The molecule has 1 atom stereocenters. The van der Waals surface area contributed by atoms with Gasteiger partial charge in [0, 0.05) is 20.6 Å². The second kappa shape index (κ2) is 4.46. The van der Waals surface area contributed by atoms with Crippen LogP contribution in [0.1, 0.15) is 20.8 Å². The van der Waals surface area contributed by atoms with Crippen molar-refractivity contribution >= 4 is 5.78 Å². The normalized spacial score (nSPS) is 14.1. The van der Waals surface area contributed by atoms with Gasteiger partial charge < -0.3 is 0 Å². The van der Waals surface area contributed by atoms with Crippen LogP contribution in [0.5, 0.6) is 0 Å². The molecule has 0 spiro atoms. The van der Waals surface area contributed by atoms with Crippen LogP contribution in [0.15, 0.2) is 0 Å². The fourth-order valence-corrected chi connectivity index (χ4v) is 0.782. The Morgan fingerprint density at radius 3 is 2.18 bits per heavy atom. The van der Waals surface area contributed by atoms with Gasteiger partial charge in [0.15, 0.2) is 0 Å². The number of carbonyl (C=O) groups is 1. The van der Waals surface area contributed by atoms with Crippen LogP contribution in [0.3, 0.4) is 0 Å². The molecule has 0 fully saturated rings. The molecule has 0 radical (unpaired) electrons. The molecule has 0 rings (SSSR count). The quantitative estimate of drug-likeness (QED) is 0.564. The topological polar surface area (TPSA) is 23.6 Å². The molecule has 0 bridgehead atoms. The molecule has 66 valence electrons. The number of ketones is 1. The van der Waals surface area contributed by atoms with Gasteiger partial charge in [-0.3, -0.25) is 4.79 Å². The van der Waals surface area contributed by atoms with E-state index >= 15 is 0 Å². The summed E-state index contributed by atoms with van der Waals surface area (Å²) in [5.41, 5.74) is 0. The van der Waals surface area contributed by atoms with Crippen LogP contribution in [0.2, 0.25) is 0 Å². The number of likely N-dealkylation sites (N-methyl/N-ethyl adjacent to an activating group) is 1. The van der Waals surface area contributed by atoms with E-state index in [-0.39, 0.29) is 11.8 Å². The number of nitrogens with zero attached hydrogens (tertiary/aromatic N) is 2.